The van der Waals surface area contributed by atoms with Gasteiger partial charge in [-0.25, -0.2) is 0 Å². The van der Waals surface area contributed by atoms with Gasteiger partial charge in [0.2, 0.25) is 5.91 Å². The molecule has 0 spiro atoms. The van der Waals surface area contributed by atoms with Crippen LogP contribution in [0.4, 0.5) is 0 Å². The molecule has 1 aliphatic heterocycles. The fourth-order valence-electron chi connectivity index (χ4n) is 2.43. The van der Waals surface area contributed by atoms with Crippen molar-refractivity contribution in [2.24, 2.45) is 0 Å². The highest BCUT2D eigenvalue weighted by Gasteiger charge is 2.26. The molecule has 0 aromatic carbocycles. The van der Waals surface area contributed by atoms with E-state index in [1.807, 2.05) is 0 Å². The van der Waals surface area contributed by atoms with Crippen molar-refractivity contribution in [3.05, 3.63) is 36.1 Å². The molecular formula is C15H18N4O4. The van der Waals surface area contributed by atoms with E-state index in [-0.39, 0.29) is 12.0 Å². The van der Waals surface area contributed by atoms with E-state index in [0.717, 1.165) is 5.69 Å². The van der Waals surface area contributed by atoms with Crippen LogP contribution in [0.15, 0.2) is 29.2 Å². The fraction of sp³-hybridized carbons (Fsp3) is 0.467. The number of ether oxygens (including phenoxy) is 2. The number of aromatic nitrogens is 3. The van der Waals surface area contributed by atoms with E-state index in [1.165, 1.54) is 7.11 Å². The van der Waals surface area contributed by atoms with Crippen LogP contribution in [0.1, 0.15) is 24.0 Å². The summed E-state index contributed by atoms with van der Waals surface area (Å²) < 4.78 is 15.7. The second kappa shape index (κ2) is 7.19. The number of aryl methyl sites for hydroxylation is 1. The SMILES string of the molecule is COc1cc(CCC(=O)N2CCO[C@H](c3cnccn3)C2)on1. The van der Waals surface area contributed by atoms with Crippen LogP contribution in [0.3, 0.4) is 0 Å². The quantitative estimate of drug-likeness (QED) is 0.812. The topological polar surface area (TPSA) is 90.6 Å². The molecule has 0 saturated carbocycles. The summed E-state index contributed by atoms with van der Waals surface area (Å²) in [5, 5.41) is 3.72. The van der Waals surface area contributed by atoms with Gasteiger partial charge in [0.15, 0.2) is 0 Å². The van der Waals surface area contributed by atoms with Crippen molar-refractivity contribution >= 4 is 5.91 Å². The highest BCUT2D eigenvalue weighted by atomic mass is 16.5. The molecule has 122 valence electrons. The Morgan fingerprint density at radius 2 is 2.39 bits per heavy atom. The average molecular weight is 318 g/mol. The smallest absolute Gasteiger partial charge is 0.254 e. The Bertz CT molecular complexity index is 646. The molecule has 1 fully saturated rings. The number of methoxy groups -OCH3 is 1. The summed E-state index contributed by atoms with van der Waals surface area (Å²) in [7, 11) is 1.52. The Hall–Kier alpha value is -2.48. The Labute approximate surface area is 133 Å². The predicted octanol–water partition coefficient (Wildman–Crippen LogP) is 1.01. The number of nitrogens with zero attached hydrogens (tertiary/aromatic N) is 4. The molecule has 1 aliphatic rings. The number of hydrogen-bond donors (Lipinski definition) is 0. The number of rotatable bonds is 5. The monoisotopic (exact) mass is 318 g/mol. The molecule has 23 heavy (non-hydrogen) atoms. The van der Waals surface area contributed by atoms with E-state index >= 15 is 0 Å². The van der Waals surface area contributed by atoms with E-state index in [2.05, 4.69) is 15.1 Å². The maximum absolute atomic E-state index is 12.4. The third kappa shape index (κ3) is 3.84. The summed E-state index contributed by atoms with van der Waals surface area (Å²) in [6, 6.07) is 1.69. The maximum Gasteiger partial charge on any atom is 0.254 e. The Morgan fingerprint density at radius 1 is 1.48 bits per heavy atom. The zero-order chi connectivity index (χ0) is 16.1. The van der Waals surface area contributed by atoms with Gasteiger partial charge in [0, 0.05) is 37.8 Å². The number of carbonyl (C=O) groups excluding carboxylic acids is 1. The molecule has 8 nitrogen and oxygen atoms in total. The summed E-state index contributed by atoms with van der Waals surface area (Å²) >= 11 is 0. The largest absolute Gasteiger partial charge is 0.479 e. The van der Waals surface area contributed by atoms with Crippen LogP contribution in [0.2, 0.25) is 0 Å². The van der Waals surface area contributed by atoms with Crippen molar-refractivity contribution in [1.82, 2.24) is 20.0 Å². The number of morpholine rings is 1. The van der Waals surface area contributed by atoms with Gasteiger partial charge in [0.25, 0.3) is 5.88 Å². The van der Waals surface area contributed by atoms with Crippen molar-refractivity contribution in [1.29, 1.82) is 0 Å². The van der Waals surface area contributed by atoms with Crippen molar-refractivity contribution < 1.29 is 18.8 Å². The van der Waals surface area contributed by atoms with Crippen molar-refractivity contribution in [3.8, 4) is 5.88 Å². The van der Waals surface area contributed by atoms with Crippen molar-refractivity contribution in [2.75, 3.05) is 26.8 Å². The van der Waals surface area contributed by atoms with Gasteiger partial charge in [-0.1, -0.05) is 0 Å². The van der Waals surface area contributed by atoms with Crippen LogP contribution < -0.4 is 4.74 Å². The summed E-state index contributed by atoms with van der Waals surface area (Å²) in [6.45, 7) is 1.55. The molecule has 1 saturated heterocycles. The molecule has 0 radical (unpaired) electrons. The lowest BCUT2D eigenvalue weighted by Crippen LogP contribution is -2.42. The molecular weight excluding hydrogens is 300 g/mol. The van der Waals surface area contributed by atoms with Crippen LogP contribution in [-0.2, 0) is 16.0 Å². The van der Waals surface area contributed by atoms with Gasteiger partial charge < -0.3 is 18.9 Å². The highest BCUT2D eigenvalue weighted by Crippen LogP contribution is 2.20. The molecule has 1 amide bonds. The number of carbonyl (C=O) groups is 1. The summed E-state index contributed by atoms with van der Waals surface area (Å²) in [5.74, 6) is 1.10. The van der Waals surface area contributed by atoms with Gasteiger partial charge in [-0.2, -0.15) is 0 Å². The van der Waals surface area contributed by atoms with E-state index in [0.29, 0.717) is 44.2 Å². The average Bonchev–Trinajstić information content (AvgIpc) is 3.09. The standard InChI is InChI=1S/C15H18N4O4/c1-21-14-8-11(23-18-14)2-3-15(20)19-6-7-22-13(10-19)12-9-16-4-5-17-12/h4-5,8-9,13H,2-3,6-7,10H2,1H3/t13-/m0/s1. The van der Waals surface area contributed by atoms with Crippen LogP contribution in [0.5, 0.6) is 5.88 Å². The van der Waals surface area contributed by atoms with Crippen molar-refractivity contribution in [3.63, 3.8) is 0 Å². The van der Waals surface area contributed by atoms with E-state index in [9.17, 15) is 4.79 Å². The van der Waals surface area contributed by atoms with Gasteiger partial charge in [-0.15, -0.1) is 0 Å². The molecule has 0 bridgehead atoms. The molecule has 3 rings (SSSR count). The Morgan fingerprint density at radius 3 is 3.13 bits per heavy atom. The predicted molar refractivity (Wildman–Crippen MR) is 78.7 cm³/mol. The first-order chi connectivity index (χ1) is 11.3. The van der Waals surface area contributed by atoms with E-state index in [4.69, 9.17) is 14.0 Å². The van der Waals surface area contributed by atoms with Crippen LogP contribution >= 0.6 is 0 Å². The third-order valence-electron chi connectivity index (χ3n) is 3.66. The maximum atomic E-state index is 12.4. The third-order valence-corrected chi connectivity index (χ3v) is 3.66. The van der Waals surface area contributed by atoms with Crippen LogP contribution in [0.25, 0.3) is 0 Å². The number of amides is 1. The van der Waals surface area contributed by atoms with Gasteiger partial charge in [0.1, 0.15) is 11.9 Å². The van der Waals surface area contributed by atoms with E-state index in [1.54, 1.807) is 29.6 Å². The number of hydrogen-bond acceptors (Lipinski definition) is 7. The minimum Gasteiger partial charge on any atom is -0.479 e. The molecule has 0 N–H and O–H groups in total. The zero-order valence-electron chi connectivity index (χ0n) is 12.8. The molecule has 2 aromatic heterocycles. The normalized spacial score (nSPS) is 18.0. The lowest BCUT2D eigenvalue weighted by molar-refractivity contribution is -0.139. The molecule has 0 unspecified atom stereocenters. The summed E-state index contributed by atoms with van der Waals surface area (Å²) in [4.78, 5) is 22.4. The Kier molecular flexibility index (Phi) is 4.82. The minimum atomic E-state index is -0.230. The van der Waals surface area contributed by atoms with Crippen molar-refractivity contribution in [2.45, 2.75) is 18.9 Å². The van der Waals surface area contributed by atoms with Crippen LogP contribution in [0, 0.1) is 0 Å². The first-order valence-electron chi connectivity index (χ1n) is 7.41. The van der Waals surface area contributed by atoms with Gasteiger partial charge in [-0.3, -0.25) is 14.8 Å². The lowest BCUT2D eigenvalue weighted by atomic mass is 10.1. The van der Waals surface area contributed by atoms with Crippen LogP contribution in [-0.4, -0.2) is 52.7 Å². The summed E-state index contributed by atoms with van der Waals surface area (Å²) in [5.41, 5.74) is 0.741. The van der Waals surface area contributed by atoms with Gasteiger partial charge in [0.05, 0.1) is 32.2 Å². The molecule has 8 heteroatoms. The van der Waals surface area contributed by atoms with Gasteiger partial charge >= 0.3 is 0 Å². The fourth-order valence-corrected chi connectivity index (χ4v) is 2.43. The second-order valence-corrected chi connectivity index (χ2v) is 5.17. The summed E-state index contributed by atoms with van der Waals surface area (Å²) in [6.07, 6.45) is 5.51. The minimum absolute atomic E-state index is 0.0533. The zero-order valence-corrected chi connectivity index (χ0v) is 12.8. The first-order valence-corrected chi connectivity index (χ1v) is 7.41. The molecule has 3 heterocycles. The van der Waals surface area contributed by atoms with E-state index < -0.39 is 0 Å². The molecule has 1 atom stereocenters. The van der Waals surface area contributed by atoms with Gasteiger partial charge in [-0.05, 0) is 5.16 Å². The molecule has 0 aliphatic carbocycles. The first kappa shape index (κ1) is 15.4. The second-order valence-electron chi connectivity index (χ2n) is 5.17. The Balaban J connectivity index is 1.54. The molecule has 2 aromatic rings. The highest BCUT2D eigenvalue weighted by molar-refractivity contribution is 5.76. The lowest BCUT2D eigenvalue weighted by Gasteiger charge is -2.32.